The molecule has 0 fully saturated rings. The summed E-state index contributed by atoms with van der Waals surface area (Å²) in [6, 6.07) is 8.36. The van der Waals surface area contributed by atoms with Gasteiger partial charge in [0.2, 0.25) is 0 Å². The normalized spacial score (nSPS) is 11.1. The molecule has 0 bridgehead atoms. The molecular weight excluding hydrogens is 423 g/mol. The molecule has 0 unspecified atom stereocenters. The molecule has 132 valence electrons. The van der Waals surface area contributed by atoms with Crippen LogP contribution >= 0.6 is 23.2 Å². The molecule has 0 heterocycles. The summed E-state index contributed by atoms with van der Waals surface area (Å²) in [5, 5.41) is 0.491. The Morgan fingerprint density at radius 1 is 0.720 bits per heavy atom. The van der Waals surface area contributed by atoms with Crippen LogP contribution in [0.3, 0.4) is 0 Å². The summed E-state index contributed by atoms with van der Waals surface area (Å²) in [5.41, 5.74) is 0.823. The van der Waals surface area contributed by atoms with E-state index in [0.717, 1.165) is 12.1 Å². The Kier molecular flexibility index (Phi) is 9.37. The van der Waals surface area contributed by atoms with Crippen LogP contribution in [0.25, 0.3) is 0 Å². The Hall–Kier alpha value is -0.394. The topological polar surface area (TPSA) is 114 Å². The average molecular weight is 436 g/mol. The van der Waals surface area contributed by atoms with E-state index in [2.05, 4.69) is 0 Å². The first kappa shape index (κ1) is 24.6. The van der Waals surface area contributed by atoms with Gasteiger partial charge >= 0.3 is 23.1 Å². The van der Waals surface area contributed by atoms with Crippen molar-refractivity contribution in [2.75, 3.05) is 0 Å². The minimum Gasteiger partial charge on any atom is -0.744 e. The number of hydrogen-bond acceptors (Lipinski definition) is 6. The van der Waals surface area contributed by atoms with Crippen LogP contribution in [0.4, 0.5) is 0 Å². The molecule has 0 atom stereocenters. The third-order valence-electron chi connectivity index (χ3n) is 2.84. The minimum absolute atomic E-state index is 0. The largest absolute Gasteiger partial charge is 2.00 e. The zero-order valence-corrected chi connectivity index (χ0v) is 17.8. The van der Waals surface area contributed by atoms with Gasteiger partial charge in [-0.05, 0) is 49.2 Å². The van der Waals surface area contributed by atoms with Crippen molar-refractivity contribution in [3.05, 3.63) is 57.6 Å². The maximum absolute atomic E-state index is 10.6. The number of benzene rings is 2. The van der Waals surface area contributed by atoms with Crippen LogP contribution in [0.5, 0.6) is 0 Å². The summed E-state index contributed by atoms with van der Waals surface area (Å²) in [4.78, 5) is -0.509. The monoisotopic (exact) mass is 434 g/mol. The first-order chi connectivity index (χ1) is 10.8. The van der Waals surface area contributed by atoms with E-state index < -0.39 is 20.2 Å². The first-order valence-corrected chi connectivity index (χ1v) is 9.83. The van der Waals surface area contributed by atoms with Crippen molar-refractivity contribution < 1.29 is 25.9 Å². The fraction of sp³-hybridized carbons (Fsp3) is 0.143. The van der Waals surface area contributed by atoms with E-state index in [9.17, 15) is 25.9 Å². The molecule has 0 aromatic heterocycles. The van der Waals surface area contributed by atoms with E-state index in [4.69, 9.17) is 23.2 Å². The second-order valence-electron chi connectivity index (χ2n) is 4.73. The summed E-state index contributed by atoms with van der Waals surface area (Å²) in [6.45, 7) is 3.09. The molecule has 11 heteroatoms. The van der Waals surface area contributed by atoms with Crippen molar-refractivity contribution in [2.45, 2.75) is 23.6 Å². The molecule has 0 amide bonds. The van der Waals surface area contributed by atoms with Gasteiger partial charge < -0.3 is 9.11 Å². The van der Waals surface area contributed by atoms with Gasteiger partial charge in [-0.25, -0.2) is 16.8 Å². The van der Waals surface area contributed by atoms with Crippen molar-refractivity contribution in [3.63, 3.8) is 0 Å². The fourth-order valence-electron chi connectivity index (χ4n) is 1.69. The molecule has 6 nitrogen and oxygen atoms in total. The summed E-state index contributed by atoms with van der Waals surface area (Å²) in [5.74, 6) is 0. The summed E-state index contributed by atoms with van der Waals surface area (Å²) < 4.78 is 63.6. The third-order valence-corrected chi connectivity index (χ3v) is 5.27. The third kappa shape index (κ3) is 7.79. The van der Waals surface area contributed by atoms with Crippen molar-refractivity contribution in [3.8, 4) is 0 Å². The van der Waals surface area contributed by atoms with E-state index in [1.54, 1.807) is 13.8 Å². The van der Waals surface area contributed by atoms with Crippen molar-refractivity contribution in [2.24, 2.45) is 0 Å². The molecule has 0 aliphatic rings. The fourth-order valence-corrected chi connectivity index (χ4v) is 3.63. The van der Waals surface area contributed by atoms with Crippen LogP contribution in [-0.2, 0) is 20.2 Å². The zero-order valence-electron chi connectivity index (χ0n) is 13.2. The summed E-state index contributed by atoms with van der Waals surface area (Å²) >= 11 is 11.0. The van der Waals surface area contributed by atoms with E-state index >= 15 is 0 Å². The second kappa shape index (κ2) is 9.52. The molecule has 2 rings (SSSR count). The molecule has 25 heavy (non-hydrogen) atoms. The molecule has 2 aromatic rings. The Labute approximate surface area is 172 Å². The Morgan fingerprint density at radius 2 is 1.00 bits per heavy atom. The molecule has 0 aliphatic carbocycles. The predicted molar refractivity (Wildman–Crippen MR) is 94.1 cm³/mol. The molecule has 0 N–H and O–H groups in total. The zero-order chi connectivity index (χ0) is 18.7. The quantitative estimate of drug-likeness (QED) is 0.529. The number of rotatable bonds is 2. The SMILES string of the molecule is Cc1ccc(Cl)cc1S(=O)(=O)[O-].Cc1ccc(Cl)cc1S(=O)(=O)[O-].[Mg+2]. The van der Waals surface area contributed by atoms with E-state index in [-0.39, 0.29) is 42.9 Å². The van der Waals surface area contributed by atoms with Gasteiger partial charge in [-0.3, -0.25) is 0 Å². The Morgan fingerprint density at radius 3 is 1.20 bits per heavy atom. The van der Waals surface area contributed by atoms with Gasteiger partial charge in [-0.2, -0.15) is 0 Å². The van der Waals surface area contributed by atoms with Crippen LogP contribution in [0, 0.1) is 13.8 Å². The maximum atomic E-state index is 10.6. The molecule has 0 radical (unpaired) electrons. The molecule has 0 saturated carbocycles. The van der Waals surface area contributed by atoms with Gasteiger partial charge in [-0.1, -0.05) is 35.3 Å². The molecule has 0 saturated heterocycles. The number of hydrogen-bond donors (Lipinski definition) is 0. The molecule has 0 aliphatic heterocycles. The van der Waals surface area contributed by atoms with Crippen LogP contribution in [0.15, 0.2) is 46.2 Å². The molecular formula is C14H12Cl2MgO6S2. The maximum Gasteiger partial charge on any atom is 2.00 e. The number of aryl methyl sites for hydroxylation is 2. The van der Waals surface area contributed by atoms with Gasteiger partial charge in [0.15, 0.2) is 0 Å². The van der Waals surface area contributed by atoms with Gasteiger partial charge in [0.1, 0.15) is 20.2 Å². The Bertz CT molecular complexity index is 880. The van der Waals surface area contributed by atoms with E-state index in [0.29, 0.717) is 11.1 Å². The van der Waals surface area contributed by atoms with Gasteiger partial charge in [0.25, 0.3) is 0 Å². The van der Waals surface area contributed by atoms with Crippen LogP contribution in [0.2, 0.25) is 10.0 Å². The van der Waals surface area contributed by atoms with E-state index in [1.807, 2.05) is 0 Å². The average Bonchev–Trinajstić information content (AvgIpc) is 2.42. The van der Waals surface area contributed by atoms with Gasteiger partial charge in [-0.15, -0.1) is 0 Å². The van der Waals surface area contributed by atoms with Crippen molar-refractivity contribution in [1.29, 1.82) is 0 Å². The van der Waals surface area contributed by atoms with Gasteiger partial charge in [0.05, 0.1) is 9.79 Å². The molecule has 2 aromatic carbocycles. The van der Waals surface area contributed by atoms with Crippen LogP contribution in [-0.4, -0.2) is 49.0 Å². The second-order valence-corrected chi connectivity index (χ2v) is 8.30. The van der Waals surface area contributed by atoms with E-state index in [1.165, 1.54) is 24.3 Å². The van der Waals surface area contributed by atoms with Crippen molar-refractivity contribution >= 4 is 66.5 Å². The smallest absolute Gasteiger partial charge is 0.744 e. The molecule has 0 spiro atoms. The van der Waals surface area contributed by atoms with Gasteiger partial charge in [0, 0.05) is 10.0 Å². The van der Waals surface area contributed by atoms with Crippen LogP contribution < -0.4 is 0 Å². The summed E-state index contributed by atoms with van der Waals surface area (Å²) in [6.07, 6.45) is 0. The standard InChI is InChI=1S/2C7H7ClO3S.Mg/c2*1-5-2-3-6(8)4-7(5)12(9,10)11;/h2*2-4H,1H3,(H,9,10,11);/q;;+2/p-2. The number of halogens is 2. The van der Waals surface area contributed by atoms with Crippen LogP contribution in [0.1, 0.15) is 11.1 Å². The Balaban J connectivity index is 0.000000443. The first-order valence-electron chi connectivity index (χ1n) is 6.26. The summed E-state index contributed by atoms with van der Waals surface area (Å²) in [7, 11) is -8.78. The minimum atomic E-state index is -4.39. The van der Waals surface area contributed by atoms with Crippen molar-refractivity contribution in [1.82, 2.24) is 0 Å². The predicted octanol–water partition coefficient (Wildman–Crippen LogP) is 2.72.